The van der Waals surface area contributed by atoms with E-state index in [-0.39, 0.29) is 81.4 Å². The Bertz CT molecular complexity index is 2570. The highest BCUT2D eigenvalue weighted by atomic mass is 32.2. The predicted octanol–water partition coefficient (Wildman–Crippen LogP) is 4.23. The van der Waals surface area contributed by atoms with Crippen LogP contribution in [0.15, 0.2) is 99.4 Å². The molecule has 2 atom stereocenters. The van der Waals surface area contributed by atoms with Crippen molar-refractivity contribution >= 4 is 59.5 Å². The van der Waals surface area contributed by atoms with Gasteiger partial charge in [0.05, 0.1) is 48.3 Å². The Balaban J connectivity index is 1.63. The molecule has 356 valence electrons. The molecule has 65 heavy (non-hydrogen) atoms. The van der Waals surface area contributed by atoms with Crippen molar-refractivity contribution in [1.82, 2.24) is 5.06 Å². The minimum atomic E-state index is -4.62. The van der Waals surface area contributed by atoms with Gasteiger partial charge in [0.1, 0.15) is 0 Å². The number of imide groups is 1. The summed E-state index contributed by atoms with van der Waals surface area (Å²) >= 11 is 0. The van der Waals surface area contributed by atoms with Gasteiger partial charge < -0.3 is 24.3 Å². The van der Waals surface area contributed by atoms with Gasteiger partial charge >= 0.3 is 5.97 Å². The zero-order valence-corrected chi connectivity index (χ0v) is 38.9. The Morgan fingerprint density at radius 3 is 2.15 bits per heavy atom. The number of aliphatic hydroxyl groups is 1. The van der Waals surface area contributed by atoms with Crippen LogP contribution in [-0.2, 0) is 69.9 Å². The number of ether oxygens (including phenoxy) is 2. The molecule has 2 aliphatic rings. The van der Waals surface area contributed by atoms with Crippen LogP contribution in [0.5, 0.6) is 0 Å². The van der Waals surface area contributed by atoms with Gasteiger partial charge in [-0.2, -0.15) is 25.3 Å². The Hall–Kier alpha value is -4.91. The molecule has 22 heteroatoms. The number of hydrogen-bond donors (Lipinski definition) is 4. The summed E-state index contributed by atoms with van der Waals surface area (Å²) in [4.78, 5) is 46.6. The van der Waals surface area contributed by atoms with Crippen molar-refractivity contribution in [3.8, 4) is 0 Å². The topological polar surface area (TPSA) is 281 Å². The van der Waals surface area contributed by atoms with Crippen LogP contribution in [0.4, 0.5) is 5.69 Å². The largest absolute Gasteiger partial charge is 0.394 e. The van der Waals surface area contributed by atoms with E-state index in [1.807, 2.05) is 17.9 Å². The fourth-order valence-electron chi connectivity index (χ4n) is 7.65. The molecule has 4 N–H and O–H groups in total. The van der Waals surface area contributed by atoms with Crippen molar-refractivity contribution in [3.63, 3.8) is 0 Å². The summed E-state index contributed by atoms with van der Waals surface area (Å²) in [5, 5.41) is 10.1. The lowest BCUT2D eigenvalue weighted by Gasteiger charge is -2.32. The van der Waals surface area contributed by atoms with Crippen molar-refractivity contribution in [2.24, 2.45) is 4.99 Å². The summed E-state index contributed by atoms with van der Waals surface area (Å²) in [5.74, 6) is -2.61. The number of hydrogen-bond acceptors (Lipinski definition) is 15. The molecule has 0 aliphatic carbocycles. The number of benzene rings is 2. The highest BCUT2D eigenvalue weighted by Gasteiger charge is 2.44. The predicted molar refractivity (Wildman–Crippen MR) is 239 cm³/mol. The number of carbonyl (C=O) groups is 3. The van der Waals surface area contributed by atoms with Crippen LogP contribution < -0.4 is 4.90 Å². The molecular formula is C43H55N3O16S3. The van der Waals surface area contributed by atoms with Crippen LogP contribution in [0.1, 0.15) is 69.1 Å². The van der Waals surface area contributed by atoms with E-state index in [0.717, 1.165) is 0 Å². The third-order valence-corrected chi connectivity index (χ3v) is 13.5. The number of amides is 2. The van der Waals surface area contributed by atoms with Crippen LogP contribution in [0.25, 0.3) is 0 Å². The van der Waals surface area contributed by atoms with Gasteiger partial charge in [0.25, 0.3) is 42.2 Å². The molecule has 0 aromatic heterocycles. The standard InChI is InChI=1S/C43H55N3O16S3/c1-31-13-14-32(64(54,55)56)29-34(31)42(2,20-10-28-63(51,52)53)37(44-22-24-47)11-8-6-5-7-9-12-38-43(3,21-26-60-4)35-30-33(65(57,58)59)15-16-36(35)45(38)23-27-61-25-19-41(50)62-46-39(48)17-18-40(46)49/h5-9,11-16,29-30,47H,10,17-28H2,1-4H3,(H,51,52,53)(H,54,55,56)(H,57,58,59)/b6-5+,9-7+,11-8+,38-12+,44-37?. The van der Waals surface area contributed by atoms with E-state index in [9.17, 15) is 58.4 Å². The smallest absolute Gasteiger partial charge is 0.335 e. The molecule has 0 radical (unpaired) electrons. The number of aliphatic hydroxyl groups excluding tert-OH is 1. The third-order valence-electron chi connectivity index (χ3n) is 11.0. The first kappa shape index (κ1) is 52.7. The second-order valence-electron chi connectivity index (χ2n) is 15.6. The molecule has 1 fully saturated rings. The van der Waals surface area contributed by atoms with E-state index < -0.39 is 64.7 Å². The minimum Gasteiger partial charge on any atom is -0.394 e. The SMILES string of the molecule is COCCC1(C)\C(=C/C=C/C=C/C=C/C(=NCCO)C(C)(CCCS(=O)(=O)O)c2cc(S(=O)(=O)O)ccc2C)N(CCOCCC(=O)ON2C(=O)CCC2=O)c2ccc(S(=O)(=O)O)cc21. The first-order chi connectivity index (χ1) is 30.5. The number of aliphatic imine (C=N–C) groups is 1. The third kappa shape index (κ3) is 14.0. The maximum absolute atomic E-state index is 12.3. The van der Waals surface area contributed by atoms with Crippen LogP contribution in [0.3, 0.4) is 0 Å². The number of methoxy groups -OCH3 is 1. The van der Waals surface area contributed by atoms with Crippen molar-refractivity contribution in [3.05, 3.63) is 101 Å². The second-order valence-corrected chi connectivity index (χ2v) is 20.0. The monoisotopic (exact) mass is 965 g/mol. The van der Waals surface area contributed by atoms with Crippen LogP contribution in [0.2, 0.25) is 0 Å². The number of nitrogens with zero attached hydrogens (tertiary/aromatic N) is 3. The molecule has 2 aromatic rings. The molecule has 2 unspecified atom stereocenters. The first-order valence-electron chi connectivity index (χ1n) is 20.4. The highest BCUT2D eigenvalue weighted by molar-refractivity contribution is 7.86. The van der Waals surface area contributed by atoms with E-state index in [1.54, 1.807) is 56.4 Å². The van der Waals surface area contributed by atoms with E-state index in [4.69, 9.17) is 14.3 Å². The number of aryl methyl sites for hydroxylation is 1. The molecule has 2 heterocycles. The summed E-state index contributed by atoms with van der Waals surface area (Å²) in [5.41, 5.74) is 1.31. The molecule has 0 spiro atoms. The summed E-state index contributed by atoms with van der Waals surface area (Å²) in [6.45, 7) is 5.45. The van der Waals surface area contributed by atoms with E-state index in [1.165, 1.54) is 37.4 Å². The molecule has 2 aromatic carbocycles. The molecule has 19 nitrogen and oxygen atoms in total. The average molecular weight is 966 g/mol. The molecule has 1 saturated heterocycles. The van der Waals surface area contributed by atoms with Crippen molar-refractivity contribution in [2.45, 2.75) is 79.9 Å². The van der Waals surface area contributed by atoms with E-state index in [2.05, 4.69) is 4.99 Å². The summed E-state index contributed by atoms with van der Waals surface area (Å²) in [7, 11) is -12.0. The number of carbonyl (C=O) groups excluding carboxylic acids is 3. The van der Waals surface area contributed by atoms with Gasteiger partial charge in [0.15, 0.2) is 0 Å². The van der Waals surface area contributed by atoms with Gasteiger partial charge in [0.2, 0.25) is 0 Å². The number of fused-ring (bicyclic) bond motifs is 1. The zero-order chi connectivity index (χ0) is 48.2. The lowest BCUT2D eigenvalue weighted by atomic mass is 9.72. The van der Waals surface area contributed by atoms with Crippen LogP contribution >= 0.6 is 0 Å². The summed E-state index contributed by atoms with van der Waals surface area (Å²) in [6, 6.07) is 8.30. The zero-order valence-electron chi connectivity index (χ0n) is 36.5. The Labute approximate surface area is 379 Å². The van der Waals surface area contributed by atoms with Crippen LogP contribution in [-0.4, -0.2) is 125 Å². The Morgan fingerprint density at radius 2 is 1.52 bits per heavy atom. The maximum atomic E-state index is 12.3. The van der Waals surface area contributed by atoms with Gasteiger partial charge in [-0.1, -0.05) is 36.4 Å². The number of hydroxylamine groups is 2. The number of rotatable bonds is 24. The second kappa shape index (κ2) is 22.5. The van der Waals surface area contributed by atoms with Crippen molar-refractivity contribution < 1.29 is 72.7 Å². The highest BCUT2D eigenvalue weighted by Crippen LogP contribution is 2.50. The Morgan fingerprint density at radius 1 is 0.892 bits per heavy atom. The van der Waals surface area contributed by atoms with Gasteiger partial charge in [-0.25, -0.2) is 4.79 Å². The first-order valence-corrected chi connectivity index (χ1v) is 24.9. The van der Waals surface area contributed by atoms with Crippen LogP contribution in [0, 0.1) is 6.92 Å². The Kier molecular flexibility index (Phi) is 18.3. The van der Waals surface area contributed by atoms with Gasteiger partial charge in [0, 0.05) is 61.0 Å². The average Bonchev–Trinajstić information content (AvgIpc) is 3.66. The quantitative estimate of drug-likeness (QED) is 0.0377. The van der Waals surface area contributed by atoms with Gasteiger partial charge in [-0.05, 0) is 99.2 Å². The molecular weight excluding hydrogens is 911 g/mol. The number of allylic oxidation sites excluding steroid dienone is 8. The normalized spacial score (nSPS) is 19.1. The molecule has 0 saturated carbocycles. The van der Waals surface area contributed by atoms with E-state index in [0.29, 0.717) is 45.3 Å². The summed E-state index contributed by atoms with van der Waals surface area (Å²) < 4.78 is 112. The lowest BCUT2D eigenvalue weighted by Crippen LogP contribution is -2.34. The number of anilines is 1. The molecule has 0 bridgehead atoms. The maximum Gasteiger partial charge on any atom is 0.335 e. The molecule has 2 aliphatic heterocycles. The molecule has 2 amide bonds. The molecule has 4 rings (SSSR count). The lowest BCUT2D eigenvalue weighted by molar-refractivity contribution is -0.198. The van der Waals surface area contributed by atoms with Crippen molar-refractivity contribution in [2.75, 3.05) is 57.3 Å². The fraction of sp³-hybridized carbons (Fsp3) is 0.442. The fourth-order valence-corrected chi connectivity index (χ4v) is 9.18. The van der Waals surface area contributed by atoms with Gasteiger partial charge in [-0.15, -0.1) is 5.06 Å². The minimum absolute atomic E-state index is 0.0394. The summed E-state index contributed by atoms with van der Waals surface area (Å²) in [6.07, 6.45) is 12.0. The van der Waals surface area contributed by atoms with Crippen molar-refractivity contribution in [1.29, 1.82) is 0 Å². The van der Waals surface area contributed by atoms with E-state index >= 15 is 0 Å². The van der Waals surface area contributed by atoms with Gasteiger partial charge in [-0.3, -0.25) is 28.2 Å².